The van der Waals surface area contributed by atoms with Gasteiger partial charge < -0.3 is 10.5 Å². The minimum Gasteiger partial charge on any atom is -0.494 e. The highest BCUT2D eigenvalue weighted by Crippen LogP contribution is 2.29. The van der Waals surface area contributed by atoms with Crippen molar-refractivity contribution in [2.24, 2.45) is 5.73 Å². The summed E-state index contributed by atoms with van der Waals surface area (Å²) in [7, 11) is -2.35. The molecular formula is C12H18ClFN2O3S. The molecule has 0 bridgehead atoms. The van der Waals surface area contributed by atoms with Crippen LogP contribution in [0.2, 0.25) is 0 Å². The molecule has 0 saturated carbocycles. The van der Waals surface area contributed by atoms with Gasteiger partial charge in [-0.15, -0.1) is 12.4 Å². The Morgan fingerprint density at radius 3 is 2.60 bits per heavy atom. The van der Waals surface area contributed by atoms with E-state index in [0.717, 1.165) is 0 Å². The second kappa shape index (κ2) is 6.26. The molecule has 2 N–H and O–H groups in total. The standard InChI is InChI=1S/C12H17FN2O3S.ClH/c1-8-11(4-3-10(18-2)12(8)13)19(16,17)15-6-5-9(14)7-15;/h3-4,9H,5-7,14H2,1-2H3;1H/t9-;/m1./s1. The van der Waals surface area contributed by atoms with Crippen LogP contribution in [0, 0.1) is 12.7 Å². The molecule has 1 aromatic carbocycles. The van der Waals surface area contributed by atoms with Gasteiger partial charge in [0.05, 0.1) is 12.0 Å². The lowest BCUT2D eigenvalue weighted by molar-refractivity contribution is 0.383. The Balaban J connectivity index is 0.00000200. The number of ether oxygens (including phenoxy) is 1. The van der Waals surface area contributed by atoms with Gasteiger partial charge in [-0.1, -0.05) is 0 Å². The van der Waals surface area contributed by atoms with Gasteiger partial charge in [0.25, 0.3) is 0 Å². The van der Waals surface area contributed by atoms with Gasteiger partial charge in [0.2, 0.25) is 10.0 Å². The Labute approximate surface area is 124 Å². The Morgan fingerprint density at radius 2 is 2.10 bits per heavy atom. The average molecular weight is 325 g/mol. The molecule has 0 aliphatic carbocycles. The van der Waals surface area contributed by atoms with Crippen molar-refractivity contribution < 1.29 is 17.5 Å². The Hall–Kier alpha value is -0.890. The first-order chi connectivity index (χ1) is 8.87. The van der Waals surface area contributed by atoms with E-state index in [4.69, 9.17) is 10.5 Å². The fraction of sp³-hybridized carbons (Fsp3) is 0.500. The van der Waals surface area contributed by atoms with E-state index in [1.165, 1.54) is 30.5 Å². The maximum Gasteiger partial charge on any atom is 0.243 e. The van der Waals surface area contributed by atoms with E-state index in [-0.39, 0.29) is 41.2 Å². The second-order valence-corrected chi connectivity index (χ2v) is 6.52. The third-order valence-corrected chi connectivity index (χ3v) is 5.34. The maximum absolute atomic E-state index is 13.9. The van der Waals surface area contributed by atoms with Gasteiger partial charge >= 0.3 is 0 Å². The summed E-state index contributed by atoms with van der Waals surface area (Å²) in [6.45, 7) is 2.08. The second-order valence-electron chi connectivity index (χ2n) is 4.62. The number of methoxy groups -OCH3 is 1. The van der Waals surface area contributed by atoms with Crippen LogP contribution < -0.4 is 10.5 Å². The number of nitrogens with zero attached hydrogens (tertiary/aromatic N) is 1. The number of hydrogen-bond donors (Lipinski definition) is 1. The SMILES string of the molecule is COc1ccc(S(=O)(=O)N2CC[C@@H](N)C2)c(C)c1F.Cl. The van der Waals surface area contributed by atoms with Crippen LogP contribution in [0.5, 0.6) is 5.75 Å². The van der Waals surface area contributed by atoms with Crippen LogP contribution in [0.4, 0.5) is 4.39 Å². The van der Waals surface area contributed by atoms with Crippen LogP contribution in [0.15, 0.2) is 17.0 Å². The molecule has 2 rings (SSSR count). The van der Waals surface area contributed by atoms with Crippen molar-refractivity contribution in [3.8, 4) is 5.75 Å². The number of nitrogens with two attached hydrogens (primary N) is 1. The normalized spacial score (nSPS) is 19.7. The molecule has 1 heterocycles. The van der Waals surface area contributed by atoms with Gasteiger partial charge in [-0.25, -0.2) is 12.8 Å². The number of rotatable bonds is 3. The van der Waals surface area contributed by atoms with Crippen molar-refractivity contribution in [3.63, 3.8) is 0 Å². The summed E-state index contributed by atoms with van der Waals surface area (Å²) in [5, 5.41) is 0. The van der Waals surface area contributed by atoms with Crippen LogP contribution in [0.1, 0.15) is 12.0 Å². The van der Waals surface area contributed by atoms with Crippen molar-refractivity contribution in [1.29, 1.82) is 0 Å². The van der Waals surface area contributed by atoms with Gasteiger partial charge in [0, 0.05) is 24.7 Å². The fourth-order valence-electron chi connectivity index (χ4n) is 2.19. The minimum absolute atomic E-state index is 0. The van der Waals surface area contributed by atoms with E-state index in [9.17, 15) is 12.8 Å². The topological polar surface area (TPSA) is 72.6 Å². The fourth-order valence-corrected chi connectivity index (χ4v) is 3.92. The van der Waals surface area contributed by atoms with Crippen molar-refractivity contribution >= 4 is 22.4 Å². The molecule has 0 radical (unpaired) electrons. The smallest absolute Gasteiger partial charge is 0.243 e. The molecule has 0 spiro atoms. The molecule has 8 heteroatoms. The van der Waals surface area contributed by atoms with E-state index in [0.29, 0.717) is 13.0 Å². The van der Waals surface area contributed by atoms with Crippen LogP contribution in [-0.2, 0) is 10.0 Å². The molecule has 1 aliphatic heterocycles. The first kappa shape index (κ1) is 17.2. The molecule has 20 heavy (non-hydrogen) atoms. The number of halogens is 2. The predicted octanol–water partition coefficient (Wildman–Crippen LogP) is 1.29. The minimum atomic E-state index is -3.69. The highest BCUT2D eigenvalue weighted by atomic mass is 35.5. The molecular weight excluding hydrogens is 307 g/mol. The van der Waals surface area contributed by atoms with Crippen molar-refractivity contribution in [2.75, 3.05) is 20.2 Å². The summed E-state index contributed by atoms with van der Waals surface area (Å²) in [6.07, 6.45) is 0.622. The van der Waals surface area contributed by atoms with E-state index in [1.807, 2.05) is 0 Å². The van der Waals surface area contributed by atoms with Gasteiger partial charge in [-0.05, 0) is 25.5 Å². The Kier molecular flexibility index (Phi) is 5.37. The summed E-state index contributed by atoms with van der Waals surface area (Å²) in [5.74, 6) is -0.610. The van der Waals surface area contributed by atoms with Gasteiger partial charge in [-0.3, -0.25) is 0 Å². The van der Waals surface area contributed by atoms with Crippen LogP contribution >= 0.6 is 12.4 Å². The zero-order chi connectivity index (χ0) is 14.2. The predicted molar refractivity (Wildman–Crippen MR) is 76.3 cm³/mol. The monoisotopic (exact) mass is 324 g/mol. The zero-order valence-electron chi connectivity index (χ0n) is 11.3. The summed E-state index contributed by atoms with van der Waals surface area (Å²) in [5.41, 5.74) is 5.78. The molecule has 1 aliphatic rings. The summed E-state index contributed by atoms with van der Waals surface area (Å²) >= 11 is 0. The zero-order valence-corrected chi connectivity index (χ0v) is 12.9. The molecule has 1 atom stereocenters. The summed E-state index contributed by atoms with van der Waals surface area (Å²) in [4.78, 5) is -0.0279. The largest absolute Gasteiger partial charge is 0.494 e. The summed E-state index contributed by atoms with van der Waals surface area (Å²) in [6, 6.07) is 2.54. The van der Waals surface area contributed by atoms with Crippen molar-refractivity contribution in [2.45, 2.75) is 24.3 Å². The highest BCUT2D eigenvalue weighted by molar-refractivity contribution is 7.89. The molecule has 114 valence electrons. The number of sulfonamides is 1. The molecule has 0 amide bonds. The lowest BCUT2D eigenvalue weighted by Crippen LogP contribution is -2.32. The number of benzene rings is 1. The van der Waals surface area contributed by atoms with Gasteiger partial charge in [0.1, 0.15) is 0 Å². The van der Waals surface area contributed by atoms with E-state index in [1.54, 1.807) is 0 Å². The Bertz CT molecular complexity index is 595. The number of hydrogen-bond acceptors (Lipinski definition) is 4. The molecule has 0 unspecified atom stereocenters. The molecule has 0 aromatic heterocycles. The van der Waals surface area contributed by atoms with E-state index in [2.05, 4.69) is 0 Å². The lowest BCUT2D eigenvalue weighted by Gasteiger charge is -2.18. The first-order valence-electron chi connectivity index (χ1n) is 5.96. The lowest BCUT2D eigenvalue weighted by atomic mass is 10.2. The van der Waals surface area contributed by atoms with Crippen LogP contribution in [-0.4, -0.2) is 39.0 Å². The molecule has 1 saturated heterocycles. The van der Waals surface area contributed by atoms with Crippen LogP contribution in [0.3, 0.4) is 0 Å². The van der Waals surface area contributed by atoms with Crippen molar-refractivity contribution in [3.05, 3.63) is 23.5 Å². The molecule has 5 nitrogen and oxygen atoms in total. The van der Waals surface area contributed by atoms with Crippen LogP contribution in [0.25, 0.3) is 0 Å². The molecule has 1 aromatic rings. The van der Waals surface area contributed by atoms with Gasteiger partial charge in [0.15, 0.2) is 11.6 Å². The molecule has 1 fully saturated rings. The van der Waals surface area contributed by atoms with E-state index < -0.39 is 15.8 Å². The third kappa shape index (κ3) is 2.90. The maximum atomic E-state index is 13.9. The first-order valence-corrected chi connectivity index (χ1v) is 7.40. The third-order valence-electron chi connectivity index (χ3n) is 3.33. The Morgan fingerprint density at radius 1 is 1.45 bits per heavy atom. The van der Waals surface area contributed by atoms with Gasteiger partial charge in [-0.2, -0.15) is 4.31 Å². The van der Waals surface area contributed by atoms with E-state index >= 15 is 0 Å². The highest BCUT2D eigenvalue weighted by Gasteiger charge is 2.32. The average Bonchev–Trinajstić information content (AvgIpc) is 2.79. The summed E-state index contributed by atoms with van der Waals surface area (Å²) < 4.78 is 44.9. The quantitative estimate of drug-likeness (QED) is 0.909. The van der Waals surface area contributed by atoms with Crippen molar-refractivity contribution in [1.82, 2.24) is 4.31 Å².